The number of amides is 2. The molecule has 3 N–H and O–H groups in total. The first kappa shape index (κ1) is 12.9. The molecule has 1 aliphatic rings. The predicted molar refractivity (Wildman–Crippen MR) is 67.5 cm³/mol. The largest absolute Gasteiger partial charge is 0.481 e. The van der Waals surface area contributed by atoms with Gasteiger partial charge in [0.25, 0.3) is 0 Å². The first-order chi connectivity index (χ1) is 9.05. The Morgan fingerprint density at radius 3 is 2.42 bits per heavy atom. The number of rotatable bonds is 4. The normalized spacial score (nSPS) is 15.1. The molecule has 2 rings (SSSR count). The van der Waals surface area contributed by atoms with E-state index in [1.54, 1.807) is 24.3 Å². The van der Waals surface area contributed by atoms with Gasteiger partial charge in [-0.3, -0.25) is 4.79 Å². The molecule has 1 fully saturated rings. The molecule has 0 aliphatic heterocycles. The molecule has 0 spiro atoms. The van der Waals surface area contributed by atoms with Crippen LogP contribution in [0.15, 0.2) is 24.3 Å². The van der Waals surface area contributed by atoms with Crippen molar-refractivity contribution in [2.45, 2.75) is 12.8 Å². The van der Waals surface area contributed by atoms with Crippen molar-refractivity contribution in [2.24, 2.45) is 5.41 Å². The van der Waals surface area contributed by atoms with Crippen LogP contribution in [-0.2, 0) is 4.79 Å². The third kappa shape index (κ3) is 3.01. The Labute approximate surface area is 110 Å². The zero-order valence-electron chi connectivity index (χ0n) is 10.1. The Balaban J connectivity index is 1.84. The molecule has 0 radical (unpaired) electrons. The SMILES string of the molecule is N#Cc1ccc(NC(=O)NCC2(C(=O)O)CC2)cc1. The van der Waals surface area contributed by atoms with E-state index in [2.05, 4.69) is 10.6 Å². The molecule has 0 saturated heterocycles. The van der Waals surface area contributed by atoms with Crippen LogP contribution in [0.1, 0.15) is 18.4 Å². The van der Waals surface area contributed by atoms with Crippen LogP contribution in [0.5, 0.6) is 0 Å². The van der Waals surface area contributed by atoms with E-state index in [1.807, 2.05) is 6.07 Å². The number of carbonyl (C=O) groups excluding carboxylic acids is 1. The molecule has 1 aromatic rings. The summed E-state index contributed by atoms with van der Waals surface area (Å²) < 4.78 is 0. The second kappa shape index (κ2) is 4.98. The zero-order valence-corrected chi connectivity index (χ0v) is 10.1. The number of nitriles is 1. The number of nitrogens with zero attached hydrogens (tertiary/aromatic N) is 1. The van der Waals surface area contributed by atoms with Gasteiger partial charge in [0.1, 0.15) is 0 Å². The molecule has 1 aromatic carbocycles. The van der Waals surface area contributed by atoms with E-state index in [0.717, 1.165) is 0 Å². The Morgan fingerprint density at radius 2 is 1.95 bits per heavy atom. The summed E-state index contributed by atoms with van der Waals surface area (Å²) in [6.07, 6.45) is 1.19. The summed E-state index contributed by atoms with van der Waals surface area (Å²) in [4.78, 5) is 22.5. The maximum Gasteiger partial charge on any atom is 0.319 e. The number of hydrogen-bond acceptors (Lipinski definition) is 3. The van der Waals surface area contributed by atoms with Gasteiger partial charge in [0.2, 0.25) is 0 Å². The first-order valence-electron chi connectivity index (χ1n) is 5.84. The summed E-state index contributed by atoms with van der Waals surface area (Å²) in [6.45, 7) is 0.129. The summed E-state index contributed by atoms with van der Waals surface area (Å²) in [5.74, 6) is -0.869. The molecule has 6 nitrogen and oxygen atoms in total. The fourth-order valence-electron chi connectivity index (χ4n) is 1.67. The topological polar surface area (TPSA) is 102 Å². The molecule has 0 unspecified atom stereocenters. The second-order valence-electron chi connectivity index (χ2n) is 4.58. The maximum atomic E-state index is 11.6. The van der Waals surface area contributed by atoms with Gasteiger partial charge < -0.3 is 15.7 Å². The number of anilines is 1. The highest BCUT2D eigenvalue weighted by Gasteiger charge is 2.50. The Bertz CT molecular complexity index is 541. The summed E-state index contributed by atoms with van der Waals surface area (Å²) in [6, 6.07) is 7.94. The summed E-state index contributed by atoms with van der Waals surface area (Å²) in [5, 5.41) is 22.7. The molecular formula is C13H13N3O3. The zero-order chi connectivity index (χ0) is 13.9. The van der Waals surface area contributed by atoms with Crippen molar-refractivity contribution in [1.82, 2.24) is 5.32 Å². The van der Waals surface area contributed by atoms with E-state index >= 15 is 0 Å². The van der Waals surface area contributed by atoms with Gasteiger partial charge in [0.05, 0.1) is 17.0 Å². The second-order valence-corrected chi connectivity index (χ2v) is 4.58. The van der Waals surface area contributed by atoms with E-state index in [4.69, 9.17) is 10.4 Å². The van der Waals surface area contributed by atoms with E-state index in [1.165, 1.54) is 0 Å². The lowest BCUT2D eigenvalue weighted by Crippen LogP contribution is -2.36. The minimum Gasteiger partial charge on any atom is -0.481 e. The van der Waals surface area contributed by atoms with Crippen LogP contribution < -0.4 is 10.6 Å². The van der Waals surface area contributed by atoms with Crippen LogP contribution in [0.25, 0.3) is 0 Å². The monoisotopic (exact) mass is 259 g/mol. The summed E-state index contributed by atoms with van der Waals surface area (Å²) >= 11 is 0. The number of carbonyl (C=O) groups is 2. The molecule has 0 atom stereocenters. The molecular weight excluding hydrogens is 246 g/mol. The standard InChI is InChI=1S/C13H13N3O3/c14-7-9-1-3-10(4-2-9)16-12(19)15-8-13(5-6-13)11(17)18/h1-4H,5-6,8H2,(H,17,18)(H2,15,16,19). The van der Waals surface area contributed by atoms with E-state index in [0.29, 0.717) is 24.1 Å². The third-order valence-corrected chi connectivity index (χ3v) is 3.17. The van der Waals surface area contributed by atoms with Gasteiger partial charge in [-0.1, -0.05) is 0 Å². The molecule has 19 heavy (non-hydrogen) atoms. The van der Waals surface area contributed by atoms with E-state index in [9.17, 15) is 9.59 Å². The Kier molecular flexibility index (Phi) is 3.38. The van der Waals surface area contributed by atoms with Crippen LogP contribution >= 0.6 is 0 Å². The highest BCUT2D eigenvalue weighted by atomic mass is 16.4. The molecule has 1 saturated carbocycles. The Morgan fingerprint density at radius 1 is 1.32 bits per heavy atom. The molecule has 0 bridgehead atoms. The van der Waals surface area contributed by atoms with Gasteiger partial charge in [-0.05, 0) is 37.1 Å². The highest BCUT2D eigenvalue weighted by molar-refractivity contribution is 5.90. The first-order valence-corrected chi connectivity index (χ1v) is 5.84. The third-order valence-electron chi connectivity index (χ3n) is 3.17. The predicted octanol–water partition coefficient (Wildman–Crippen LogP) is 1.54. The maximum absolute atomic E-state index is 11.6. The lowest BCUT2D eigenvalue weighted by Gasteiger charge is -2.12. The van der Waals surface area contributed by atoms with Gasteiger partial charge in [0.15, 0.2) is 0 Å². The number of nitrogens with one attached hydrogen (secondary N) is 2. The quantitative estimate of drug-likeness (QED) is 0.763. The highest BCUT2D eigenvalue weighted by Crippen LogP contribution is 2.45. The van der Waals surface area contributed by atoms with Crippen LogP contribution in [0.3, 0.4) is 0 Å². The van der Waals surface area contributed by atoms with Crippen LogP contribution in [0, 0.1) is 16.7 Å². The number of urea groups is 1. The van der Waals surface area contributed by atoms with Gasteiger partial charge in [0, 0.05) is 12.2 Å². The number of aliphatic carboxylic acids is 1. The number of hydrogen-bond donors (Lipinski definition) is 3. The minimum atomic E-state index is -0.869. The van der Waals surface area contributed by atoms with Gasteiger partial charge >= 0.3 is 12.0 Å². The lowest BCUT2D eigenvalue weighted by atomic mass is 10.1. The van der Waals surface area contributed by atoms with Crippen LogP contribution in [-0.4, -0.2) is 23.7 Å². The number of benzene rings is 1. The molecule has 1 aliphatic carbocycles. The van der Waals surface area contributed by atoms with Crippen molar-refractivity contribution in [3.05, 3.63) is 29.8 Å². The average molecular weight is 259 g/mol. The lowest BCUT2D eigenvalue weighted by molar-refractivity contribution is -0.143. The van der Waals surface area contributed by atoms with Crippen molar-refractivity contribution >= 4 is 17.7 Å². The van der Waals surface area contributed by atoms with Crippen molar-refractivity contribution in [2.75, 3.05) is 11.9 Å². The van der Waals surface area contributed by atoms with Crippen molar-refractivity contribution in [3.63, 3.8) is 0 Å². The summed E-state index contributed by atoms with van der Waals surface area (Å²) in [7, 11) is 0. The van der Waals surface area contributed by atoms with Crippen LogP contribution in [0.4, 0.5) is 10.5 Å². The molecule has 6 heteroatoms. The van der Waals surface area contributed by atoms with Gasteiger partial charge in [-0.15, -0.1) is 0 Å². The number of carboxylic acids is 1. The Hall–Kier alpha value is -2.55. The smallest absolute Gasteiger partial charge is 0.319 e. The van der Waals surface area contributed by atoms with E-state index in [-0.39, 0.29) is 6.54 Å². The van der Waals surface area contributed by atoms with Crippen LogP contribution in [0.2, 0.25) is 0 Å². The van der Waals surface area contributed by atoms with Gasteiger partial charge in [-0.2, -0.15) is 5.26 Å². The number of carboxylic acid groups (broad SMARTS) is 1. The summed E-state index contributed by atoms with van der Waals surface area (Å²) in [5.41, 5.74) is 0.285. The van der Waals surface area contributed by atoms with Gasteiger partial charge in [-0.25, -0.2) is 4.79 Å². The average Bonchev–Trinajstić information content (AvgIpc) is 3.18. The fourth-order valence-corrected chi connectivity index (χ4v) is 1.67. The van der Waals surface area contributed by atoms with Crippen molar-refractivity contribution in [1.29, 1.82) is 5.26 Å². The van der Waals surface area contributed by atoms with Crippen molar-refractivity contribution in [3.8, 4) is 6.07 Å². The van der Waals surface area contributed by atoms with E-state index < -0.39 is 17.4 Å². The molecule has 0 aromatic heterocycles. The molecule has 98 valence electrons. The fraction of sp³-hybridized carbons (Fsp3) is 0.308. The molecule has 0 heterocycles. The molecule has 2 amide bonds. The van der Waals surface area contributed by atoms with Crippen molar-refractivity contribution < 1.29 is 14.7 Å². The minimum absolute atomic E-state index is 0.129.